The van der Waals surface area contributed by atoms with E-state index in [4.69, 9.17) is 0 Å². The van der Waals surface area contributed by atoms with E-state index in [0.717, 1.165) is 11.1 Å². The van der Waals surface area contributed by atoms with E-state index in [0.29, 0.717) is 27.9 Å². The lowest BCUT2D eigenvalue weighted by Crippen LogP contribution is -2.18. The second kappa shape index (κ2) is 8.97. The van der Waals surface area contributed by atoms with Crippen LogP contribution in [0.5, 0.6) is 0 Å². The number of para-hydroxylation sites is 1. The number of fused-ring (bicyclic) bond motifs is 2. The summed E-state index contributed by atoms with van der Waals surface area (Å²) in [6.07, 6.45) is 7.21. The van der Waals surface area contributed by atoms with Crippen LogP contribution < -0.4 is 5.32 Å². The van der Waals surface area contributed by atoms with Crippen LogP contribution in [0, 0.1) is 5.92 Å². The number of anilines is 1. The zero-order chi connectivity index (χ0) is 23.7. The minimum atomic E-state index is -0.495. The van der Waals surface area contributed by atoms with Crippen molar-refractivity contribution in [1.82, 2.24) is 9.78 Å². The number of nitrogens with zero attached hydrogens (tertiary/aromatic N) is 4. The molecule has 9 heteroatoms. The summed E-state index contributed by atoms with van der Waals surface area (Å²) in [5.74, 6) is -1.23. The number of allylic oxidation sites excluding steroid dienone is 3. The largest absolute Gasteiger partial charge is 0.394 e. The molecule has 1 aliphatic heterocycles. The number of hydrogen-bond acceptors (Lipinski definition) is 6. The molecule has 0 radical (unpaired) electrons. The van der Waals surface area contributed by atoms with Gasteiger partial charge in [0.1, 0.15) is 0 Å². The Labute approximate surface area is 194 Å². The molecular weight excluding hydrogens is 434 g/mol. The third-order valence-corrected chi connectivity index (χ3v) is 5.79. The Hall–Kier alpha value is -4.21. The van der Waals surface area contributed by atoms with E-state index < -0.39 is 11.8 Å². The monoisotopic (exact) mass is 455 g/mol. The summed E-state index contributed by atoms with van der Waals surface area (Å²) < 4.78 is 1.60. The molecule has 9 nitrogen and oxygen atoms in total. The van der Waals surface area contributed by atoms with Gasteiger partial charge in [-0.1, -0.05) is 48.6 Å². The molecule has 3 N–H and O–H groups in total. The number of nitrogens with one attached hydrogen (secondary N) is 1. The Morgan fingerprint density at radius 1 is 1.09 bits per heavy atom. The highest BCUT2D eigenvalue weighted by molar-refractivity contribution is 6.11. The van der Waals surface area contributed by atoms with Crippen molar-refractivity contribution < 1.29 is 19.8 Å². The molecule has 34 heavy (non-hydrogen) atoms. The van der Waals surface area contributed by atoms with Crippen molar-refractivity contribution in [2.45, 2.75) is 13.2 Å². The van der Waals surface area contributed by atoms with Crippen LogP contribution in [-0.2, 0) is 17.9 Å². The number of carbonyl (C=O) groups excluding carboxylic acids is 2. The number of aliphatic hydroxyl groups excluding tert-OH is 2. The average molecular weight is 455 g/mol. The fraction of sp³-hybridized carbons (Fsp3) is 0.160. The maximum Gasteiger partial charge on any atom is 0.276 e. The quantitative estimate of drug-likeness (QED) is 0.526. The lowest BCUT2D eigenvalue weighted by atomic mass is 9.88. The molecule has 1 aliphatic carbocycles. The highest BCUT2D eigenvalue weighted by atomic mass is 16.3. The van der Waals surface area contributed by atoms with Crippen LogP contribution in [0.1, 0.15) is 21.6 Å². The predicted molar refractivity (Wildman–Crippen MR) is 126 cm³/mol. The second-order valence-corrected chi connectivity index (χ2v) is 7.86. The molecule has 170 valence electrons. The van der Waals surface area contributed by atoms with Gasteiger partial charge in [-0.15, -0.1) is 10.2 Å². The van der Waals surface area contributed by atoms with Gasteiger partial charge in [0, 0.05) is 16.6 Å². The lowest BCUT2D eigenvalue weighted by Gasteiger charge is -2.21. The highest BCUT2D eigenvalue weighted by Gasteiger charge is 2.28. The van der Waals surface area contributed by atoms with Crippen molar-refractivity contribution in [3.63, 3.8) is 0 Å². The lowest BCUT2D eigenvalue weighted by molar-refractivity contribution is -0.119. The minimum Gasteiger partial charge on any atom is -0.394 e. The van der Waals surface area contributed by atoms with Gasteiger partial charge in [0.25, 0.3) is 11.8 Å². The Bertz CT molecular complexity index is 1430. The van der Waals surface area contributed by atoms with Crippen LogP contribution >= 0.6 is 0 Å². The van der Waals surface area contributed by atoms with Crippen molar-refractivity contribution in [3.8, 4) is 0 Å². The Balaban J connectivity index is 1.47. The first-order valence-electron chi connectivity index (χ1n) is 10.8. The molecule has 2 heterocycles. The van der Waals surface area contributed by atoms with Crippen molar-refractivity contribution in [1.29, 1.82) is 0 Å². The van der Waals surface area contributed by atoms with Gasteiger partial charge in [-0.3, -0.25) is 14.3 Å². The molecule has 0 spiro atoms. The van der Waals surface area contributed by atoms with E-state index in [1.165, 1.54) is 0 Å². The van der Waals surface area contributed by atoms with Crippen molar-refractivity contribution in [2.24, 2.45) is 16.1 Å². The van der Waals surface area contributed by atoms with E-state index in [1.807, 2.05) is 30.4 Å². The molecule has 0 fully saturated rings. The molecule has 1 aromatic heterocycles. The van der Waals surface area contributed by atoms with E-state index in [2.05, 4.69) is 20.6 Å². The topological polar surface area (TPSA) is 129 Å². The SMILES string of the molecule is O=C(Nc1ccc(C2=C3C=CC=CC3C(=O)N=N2)c(CO)c1)c1nn(CCO)c2ccccc12. The molecular formula is C25H21N5O4. The summed E-state index contributed by atoms with van der Waals surface area (Å²) in [5, 5.41) is 35.1. The van der Waals surface area contributed by atoms with Gasteiger partial charge in [-0.25, -0.2) is 0 Å². The van der Waals surface area contributed by atoms with E-state index in [9.17, 15) is 19.8 Å². The first-order valence-corrected chi connectivity index (χ1v) is 10.8. The second-order valence-electron chi connectivity index (χ2n) is 7.86. The third kappa shape index (κ3) is 3.76. The Morgan fingerprint density at radius 2 is 1.94 bits per heavy atom. The molecule has 0 saturated heterocycles. The van der Waals surface area contributed by atoms with Gasteiger partial charge in [-0.2, -0.15) is 5.10 Å². The summed E-state index contributed by atoms with van der Waals surface area (Å²) >= 11 is 0. The van der Waals surface area contributed by atoms with Crippen LogP contribution in [-0.4, -0.2) is 38.4 Å². The van der Waals surface area contributed by atoms with E-state index in [-0.39, 0.29) is 31.4 Å². The highest BCUT2D eigenvalue weighted by Crippen LogP contribution is 2.36. The van der Waals surface area contributed by atoms with Gasteiger partial charge in [0.2, 0.25) is 0 Å². The zero-order valence-corrected chi connectivity index (χ0v) is 18.0. The van der Waals surface area contributed by atoms with Gasteiger partial charge >= 0.3 is 0 Å². The number of azo groups is 1. The smallest absolute Gasteiger partial charge is 0.276 e. The summed E-state index contributed by atoms with van der Waals surface area (Å²) in [6, 6.07) is 12.4. The van der Waals surface area contributed by atoms with Crippen molar-refractivity contribution in [3.05, 3.63) is 89.2 Å². The number of benzene rings is 2. The molecule has 0 bridgehead atoms. The summed E-state index contributed by atoms with van der Waals surface area (Å²) in [7, 11) is 0. The number of aromatic nitrogens is 2. The Morgan fingerprint density at radius 3 is 2.76 bits per heavy atom. The third-order valence-electron chi connectivity index (χ3n) is 5.79. The molecule has 1 atom stereocenters. The Kier molecular flexibility index (Phi) is 5.70. The normalized spacial score (nSPS) is 16.9. The molecule has 2 aliphatic rings. The summed E-state index contributed by atoms with van der Waals surface area (Å²) in [6.45, 7) is -0.117. The number of aliphatic hydroxyl groups is 2. The van der Waals surface area contributed by atoms with Crippen molar-refractivity contribution in [2.75, 3.05) is 11.9 Å². The summed E-state index contributed by atoms with van der Waals surface area (Å²) in [4.78, 5) is 25.2. The first-order chi connectivity index (χ1) is 16.6. The van der Waals surface area contributed by atoms with Crippen LogP contribution in [0.15, 0.2) is 82.6 Å². The fourth-order valence-corrected chi connectivity index (χ4v) is 4.20. The average Bonchev–Trinajstić information content (AvgIpc) is 3.24. The van der Waals surface area contributed by atoms with Gasteiger partial charge in [-0.05, 0) is 29.3 Å². The standard InChI is InChI=1S/C25H21N5O4/c31-12-11-30-21-8-4-3-7-20(21)23(29-30)25(34)26-16-9-10-17(15(13-16)14-32)22-18-5-1-2-6-19(18)24(33)28-27-22/h1-10,13,19,31-32H,11-12,14H2,(H,26,34). The fourth-order valence-electron chi connectivity index (χ4n) is 4.20. The van der Waals surface area contributed by atoms with Crippen LogP contribution in [0.4, 0.5) is 5.69 Å². The van der Waals surface area contributed by atoms with E-state index in [1.54, 1.807) is 41.1 Å². The van der Waals surface area contributed by atoms with Gasteiger partial charge in [0.15, 0.2) is 5.69 Å². The molecule has 5 rings (SSSR count). The van der Waals surface area contributed by atoms with Gasteiger partial charge < -0.3 is 15.5 Å². The maximum absolute atomic E-state index is 13.0. The van der Waals surface area contributed by atoms with E-state index >= 15 is 0 Å². The summed E-state index contributed by atoms with van der Waals surface area (Å²) in [5.41, 5.74) is 3.87. The number of carbonyl (C=O) groups is 2. The van der Waals surface area contributed by atoms with Crippen LogP contribution in [0.3, 0.4) is 0 Å². The number of amides is 2. The predicted octanol–water partition coefficient (Wildman–Crippen LogP) is 3.22. The molecule has 3 aromatic rings. The zero-order valence-electron chi connectivity index (χ0n) is 18.0. The minimum absolute atomic E-state index is 0.0966. The molecule has 0 saturated carbocycles. The molecule has 1 unspecified atom stereocenters. The maximum atomic E-state index is 13.0. The molecule has 2 aromatic carbocycles. The van der Waals surface area contributed by atoms with Crippen LogP contribution in [0.25, 0.3) is 16.6 Å². The first kappa shape index (κ1) is 21.6. The van der Waals surface area contributed by atoms with Crippen molar-refractivity contribution >= 4 is 34.1 Å². The number of hydrogen-bond donors (Lipinski definition) is 3. The number of rotatable bonds is 6. The van der Waals surface area contributed by atoms with Crippen LogP contribution in [0.2, 0.25) is 0 Å². The van der Waals surface area contributed by atoms with Gasteiger partial charge in [0.05, 0.1) is 36.9 Å². The molecule has 2 amide bonds.